The molecule has 1 aromatic rings. The van der Waals surface area contributed by atoms with Gasteiger partial charge in [-0.05, 0) is 118 Å². The van der Waals surface area contributed by atoms with E-state index in [2.05, 4.69) is 19.1 Å². The number of fused-ring (bicyclic) bond motifs is 5. The van der Waals surface area contributed by atoms with Gasteiger partial charge in [0.1, 0.15) is 0 Å². The summed E-state index contributed by atoms with van der Waals surface area (Å²) in [5.74, 6) is 1.43. The predicted octanol–water partition coefficient (Wildman–Crippen LogP) is 6.51. The van der Waals surface area contributed by atoms with E-state index in [9.17, 15) is 19.5 Å². The molecule has 1 aromatic carbocycles. The fourth-order valence-electron chi connectivity index (χ4n) is 9.35. The van der Waals surface area contributed by atoms with Crippen LogP contribution in [0.2, 0.25) is 0 Å². The number of aliphatic hydroxyl groups excluding tert-OH is 1. The van der Waals surface area contributed by atoms with Crippen LogP contribution in [0.1, 0.15) is 96.1 Å². The van der Waals surface area contributed by atoms with E-state index in [1.165, 1.54) is 11.1 Å². The van der Waals surface area contributed by atoms with Gasteiger partial charge in [0.25, 0.3) is 0 Å². The third-order valence-corrected chi connectivity index (χ3v) is 11.2. The van der Waals surface area contributed by atoms with Gasteiger partial charge in [-0.1, -0.05) is 36.8 Å². The third-order valence-electron chi connectivity index (χ3n) is 11.2. The molecule has 39 heavy (non-hydrogen) atoms. The number of aliphatic hydroxyl groups is 1. The molecule has 3 saturated carbocycles. The fourth-order valence-corrected chi connectivity index (χ4v) is 9.35. The molecular weight excluding hydrogens is 492 g/mol. The van der Waals surface area contributed by atoms with Crippen molar-refractivity contribution < 1.29 is 29.0 Å². The smallest absolute Gasteiger partial charge is 0.435 e. The lowest BCUT2D eigenvalue weighted by Gasteiger charge is -2.60. The standard InChI is InChI=1S/C33H44O6/c1-4-38-30(37)39-33(22(2)35)19-15-29-27-12-11-25-20-26(36)13-17-31(25,3)28(27)14-18-32(29,33)16-5-6-23-7-9-24(21-34)10-8-23/h7-10,20,27-29,34H,4-6,11-19,21H2,1-3H3/t27?,28-,29?,31-,32+,33-/m1/s1. The number of rotatable bonds is 8. The Morgan fingerprint density at radius 2 is 1.72 bits per heavy atom. The predicted molar refractivity (Wildman–Crippen MR) is 148 cm³/mol. The van der Waals surface area contributed by atoms with Gasteiger partial charge in [0, 0.05) is 11.8 Å². The maximum absolute atomic E-state index is 13.6. The molecule has 5 rings (SSSR count). The Morgan fingerprint density at radius 1 is 1.00 bits per heavy atom. The van der Waals surface area contributed by atoms with Crippen molar-refractivity contribution in [3.8, 4) is 0 Å². The molecular formula is C33H44O6. The Bertz CT molecular complexity index is 1140. The van der Waals surface area contributed by atoms with Gasteiger partial charge in [0.15, 0.2) is 17.2 Å². The minimum absolute atomic E-state index is 0.0317. The highest BCUT2D eigenvalue weighted by Gasteiger charge is 2.69. The minimum atomic E-state index is -1.16. The van der Waals surface area contributed by atoms with Gasteiger partial charge in [-0.2, -0.15) is 0 Å². The van der Waals surface area contributed by atoms with Crippen molar-refractivity contribution in [3.63, 3.8) is 0 Å². The molecule has 0 radical (unpaired) electrons. The van der Waals surface area contributed by atoms with Crippen LogP contribution in [0.5, 0.6) is 0 Å². The molecule has 0 saturated heterocycles. The molecule has 3 fully saturated rings. The second-order valence-electron chi connectivity index (χ2n) is 12.7. The first kappa shape index (κ1) is 28.1. The molecule has 0 bridgehead atoms. The summed E-state index contributed by atoms with van der Waals surface area (Å²) in [6.07, 6.45) is 10.5. The Morgan fingerprint density at radius 3 is 2.41 bits per heavy atom. The third kappa shape index (κ3) is 4.67. The summed E-state index contributed by atoms with van der Waals surface area (Å²) in [5, 5.41) is 9.39. The van der Waals surface area contributed by atoms with E-state index in [0.717, 1.165) is 63.4 Å². The van der Waals surface area contributed by atoms with Crippen LogP contribution in [-0.2, 0) is 32.1 Å². The second kappa shape index (κ2) is 10.8. The molecule has 0 aromatic heterocycles. The van der Waals surface area contributed by atoms with Gasteiger partial charge in [-0.3, -0.25) is 9.59 Å². The zero-order valence-electron chi connectivity index (χ0n) is 23.8. The van der Waals surface area contributed by atoms with Gasteiger partial charge in [-0.25, -0.2) is 4.79 Å². The lowest BCUT2D eigenvalue weighted by atomic mass is 9.45. The van der Waals surface area contributed by atoms with Crippen molar-refractivity contribution in [2.45, 2.75) is 104 Å². The molecule has 6 heteroatoms. The van der Waals surface area contributed by atoms with Crippen molar-refractivity contribution >= 4 is 17.7 Å². The molecule has 0 aliphatic heterocycles. The van der Waals surface area contributed by atoms with Crippen LogP contribution >= 0.6 is 0 Å². The molecule has 4 aliphatic carbocycles. The number of benzene rings is 1. The zero-order valence-corrected chi connectivity index (χ0v) is 23.8. The average Bonchev–Trinajstić information content (AvgIpc) is 3.25. The van der Waals surface area contributed by atoms with Gasteiger partial charge < -0.3 is 14.6 Å². The number of carbonyl (C=O) groups excluding carboxylic acids is 3. The molecule has 2 unspecified atom stereocenters. The fraction of sp³-hybridized carbons (Fsp3) is 0.667. The Hall–Kier alpha value is -2.47. The molecule has 1 N–H and O–H groups in total. The summed E-state index contributed by atoms with van der Waals surface area (Å²) < 4.78 is 11.4. The molecule has 212 valence electrons. The lowest BCUT2D eigenvalue weighted by Crippen LogP contribution is -2.60. The second-order valence-corrected chi connectivity index (χ2v) is 12.7. The maximum atomic E-state index is 13.6. The average molecular weight is 537 g/mol. The number of ketones is 2. The highest BCUT2D eigenvalue weighted by Crippen LogP contribution is 2.70. The van der Waals surface area contributed by atoms with Crippen LogP contribution in [0.3, 0.4) is 0 Å². The topological polar surface area (TPSA) is 89.9 Å². The lowest BCUT2D eigenvalue weighted by molar-refractivity contribution is -0.172. The van der Waals surface area contributed by atoms with E-state index in [0.29, 0.717) is 30.6 Å². The highest BCUT2D eigenvalue weighted by atomic mass is 16.7. The molecule has 0 amide bonds. The molecule has 0 spiro atoms. The number of Topliss-reactive ketones (excluding diaryl/α,β-unsaturated/α-hetero) is 1. The largest absolute Gasteiger partial charge is 0.509 e. The van der Waals surface area contributed by atoms with Crippen molar-refractivity contribution in [1.82, 2.24) is 0 Å². The van der Waals surface area contributed by atoms with E-state index in [1.54, 1.807) is 13.8 Å². The van der Waals surface area contributed by atoms with Gasteiger partial charge in [-0.15, -0.1) is 0 Å². The van der Waals surface area contributed by atoms with E-state index in [-0.39, 0.29) is 30.2 Å². The van der Waals surface area contributed by atoms with Crippen LogP contribution in [-0.4, -0.2) is 35.0 Å². The van der Waals surface area contributed by atoms with Crippen molar-refractivity contribution in [3.05, 3.63) is 47.0 Å². The SMILES string of the molecule is CCOC(=O)O[C@@]1(C(C)=O)CCC2C3CCC4=CC(=O)CC[C@@]4(C)[C@@H]3CC[C@@]21CCCc1ccc(CO)cc1. The summed E-state index contributed by atoms with van der Waals surface area (Å²) >= 11 is 0. The minimum Gasteiger partial charge on any atom is -0.435 e. The summed E-state index contributed by atoms with van der Waals surface area (Å²) in [4.78, 5) is 38.6. The Balaban J connectivity index is 1.47. The van der Waals surface area contributed by atoms with E-state index in [1.807, 2.05) is 18.2 Å². The van der Waals surface area contributed by atoms with E-state index >= 15 is 0 Å². The van der Waals surface area contributed by atoms with E-state index in [4.69, 9.17) is 9.47 Å². The molecule has 6 atom stereocenters. The summed E-state index contributed by atoms with van der Waals surface area (Å²) in [5.41, 5.74) is 1.90. The van der Waals surface area contributed by atoms with Gasteiger partial charge in [0.2, 0.25) is 0 Å². The first-order valence-electron chi connectivity index (χ1n) is 15.0. The summed E-state index contributed by atoms with van der Waals surface area (Å²) in [6, 6.07) is 8.06. The number of allylic oxidation sites excluding steroid dienone is 1. The van der Waals surface area contributed by atoms with E-state index < -0.39 is 17.2 Å². The van der Waals surface area contributed by atoms with Crippen molar-refractivity contribution in [2.75, 3.05) is 6.61 Å². The van der Waals surface area contributed by atoms with Gasteiger partial charge in [0.05, 0.1) is 13.2 Å². The monoisotopic (exact) mass is 536 g/mol. The van der Waals surface area contributed by atoms with Crippen LogP contribution in [0.15, 0.2) is 35.9 Å². The van der Waals surface area contributed by atoms with Gasteiger partial charge >= 0.3 is 6.16 Å². The number of carbonyl (C=O) groups is 3. The molecule has 0 heterocycles. The Labute approximate surface area is 232 Å². The molecule has 6 nitrogen and oxygen atoms in total. The number of aryl methyl sites for hydroxylation is 1. The molecule has 4 aliphatic rings. The first-order valence-corrected chi connectivity index (χ1v) is 15.0. The maximum Gasteiger partial charge on any atom is 0.509 e. The van der Waals surface area contributed by atoms with Crippen molar-refractivity contribution in [2.24, 2.45) is 28.6 Å². The number of hydrogen-bond acceptors (Lipinski definition) is 6. The zero-order chi connectivity index (χ0) is 27.8. The normalized spacial score (nSPS) is 35.3. The first-order chi connectivity index (χ1) is 18.7. The van der Waals surface area contributed by atoms with Crippen LogP contribution in [0.4, 0.5) is 4.79 Å². The number of ether oxygens (including phenoxy) is 2. The number of hydrogen-bond donors (Lipinski definition) is 1. The quantitative estimate of drug-likeness (QED) is 0.381. The Kier molecular flexibility index (Phi) is 7.80. The van der Waals surface area contributed by atoms with Crippen LogP contribution < -0.4 is 0 Å². The highest BCUT2D eigenvalue weighted by molar-refractivity contribution is 5.91. The van der Waals surface area contributed by atoms with Crippen molar-refractivity contribution in [1.29, 1.82) is 0 Å². The van der Waals surface area contributed by atoms with Crippen LogP contribution in [0.25, 0.3) is 0 Å². The summed E-state index contributed by atoms with van der Waals surface area (Å²) in [6.45, 7) is 5.96. The van der Waals surface area contributed by atoms with Crippen LogP contribution in [0, 0.1) is 28.6 Å². The summed E-state index contributed by atoms with van der Waals surface area (Å²) in [7, 11) is 0.